The highest BCUT2D eigenvalue weighted by Crippen LogP contribution is 2.47. The number of carbonyl (C=O) groups is 1. The molecule has 2 aliphatic rings. The number of thiophene rings is 1. The van der Waals surface area contributed by atoms with Crippen LogP contribution in [-0.2, 0) is 11.0 Å². The van der Waals surface area contributed by atoms with Crippen LogP contribution in [0.4, 0.5) is 34.6 Å². The standard InChI is InChI=1S/C28H28F4N4O4S/c1-39-20-5-3-4-18(13-20)35-10-9-34(16-19(35)15-29)27-33-21-8-11-41-26(21)23(14-25(37)38)36(27)22-12-17(28(30,31)32)6-7-24(22)40-2/h3-8,11-13,19,23H,9-10,14-16H2,1-2H3,(H,37,38)/t19-,23+/m1/s1. The molecule has 2 aliphatic heterocycles. The molecule has 3 heterocycles. The van der Waals surface area contributed by atoms with E-state index < -0.39 is 42.9 Å². The van der Waals surface area contributed by atoms with Crippen molar-refractivity contribution in [3.05, 3.63) is 64.4 Å². The number of benzene rings is 2. The van der Waals surface area contributed by atoms with Gasteiger partial charge in [-0.1, -0.05) is 6.07 Å². The summed E-state index contributed by atoms with van der Waals surface area (Å²) in [5, 5.41) is 11.6. The van der Waals surface area contributed by atoms with E-state index in [1.165, 1.54) is 29.4 Å². The number of anilines is 2. The number of aliphatic carboxylic acids is 1. The summed E-state index contributed by atoms with van der Waals surface area (Å²) >= 11 is 1.28. The number of carboxylic acid groups (broad SMARTS) is 1. The maximum Gasteiger partial charge on any atom is 0.416 e. The van der Waals surface area contributed by atoms with Crippen molar-refractivity contribution in [3.8, 4) is 11.5 Å². The van der Waals surface area contributed by atoms with Crippen molar-refractivity contribution in [1.29, 1.82) is 0 Å². The lowest BCUT2D eigenvalue weighted by molar-refractivity contribution is -0.138. The second-order valence-corrected chi connectivity index (χ2v) is 10.5. The van der Waals surface area contributed by atoms with E-state index in [9.17, 15) is 27.5 Å². The third-order valence-corrected chi connectivity index (χ3v) is 8.19. The minimum absolute atomic E-state index is 0.0263. The van der Waals surface area contributed by atoms with Gasteiger partial charge in [-0.15, -0.1) is 11.3 Å². The van der Waals surface area contributed by atoms with Crippen molar-refractivity contribution >= 4 is 40.3 Å². The number of fused-ring (bicyclic) bond motifs is 1. The topological polar surface area (TPSA) is 77.8 Å². The molecule has 5 rings (SSSR count). The van der Waals surface area contributed by atoms with Gasteiger partial charge in [0.05, 0.1) is 54.5 Å². The van der Waals surface area contributed by atoms with Crippen LogP contribution in [0.2, 0.25) is 0 Å². The molecule has 1 aromatic heterocycles. The number of nitrogens with zero attached hydrogens (tertiary/aromatic N) is 4. The molecule has 0 spiro atoms. The van der Waals surface area contributed by atoms with Gasteiger partial charge in [0.1, 0.15) is 18.2 Å². The van der Waals surface area contributed by atoms with Gasteiger partial charge in [0, 0.05) is 31.4 Å². The molecule has 0 saturated carbocycles. The molecule has 0 bridgehead atoms. The first-order valence-electron chi connectivity index (χ1n) is 12.8. The van der Waals surface area contributed by atoms with E-state index in [0.29, 0.717) is 29.4 Å². The Morgan fingerprint density at radius 2 is 1.93 bits per heavy atom. The molecular formula is C28H28F4N4O4S. The first-order chi connectivity index (χ1) is 19.6. The summed E-state index contributed by atoms with van der Waals surface area (Å²) in [4.78, 5) is 22.7. The summed E-state index contributed by atoms with van der Waals surface area (Å²) in [6.45, 7) is 0.192. The Hall–Kier alpha value is -4.00. The van der Waals surface area contributed by atoms with E-state index in [1.807, 2.05) is 23.1 Å². The van der Waals surface area contributed by atoms with Gasteiger partial charge in [0.15, 0.2) is 0 Å². The molecule has 3 aromatic rings. The fraction of sp³-hybridized carbons (Fsp3) is 0.357. The number of alkyl halides is 4. The van der Waals surface area contributed by atoms with Crippen molar-refractivity contribution in [1.82, 2.24) is 4.90 Å². The second kappa shape index (κ2) is 11.5. The summed E-state index contributed by atoms with van der Waals surface area (Å²) in [6, 6.07) is 10.6. The Bertz CT molecular complexity index is 1450. The monoisotopic (exact) mass is 592 g/mol. The molecule has 2 atom stereocenters. The van der Waals surface area contributed by atoms with Crippen molar-refractivity contribution < 1.29 is 36.9 Å². The van der Waals surface area contributed by atoms with Crippen LogP contribution in [-0.4, -0.2) is 68.5 Å². The highest BCUT2D eigenvalue weighted by atomic mass is 32.1. The van der Waals surface area contributed by atoms with E-state index in [4.69, 9.17) is 14.5 Å². The number of hydrogen-bond donors (Lipinski definition) is 1. The van der Waals surface area contributed by atoms with Crippen LogP contribution in [0, 0.1) is 0 Å². The molecule has 1 N–H and O–H groups in total. The highest BCUT2D eigenvalue weighted by molar-refractivity contribution is 7.10. The van der Waals surface area contributed by atoms with E-state index in [-0.39, 0.29) is 23.9 Å². The van der Waals surface area contributed by atoms with Crippen LogP contribution in [0.15, 0.2) is 58.9 Å². The summed E-state index contributed by atoms with van der Waals surface area (Å²) in [5.74, 6) is -0.138. The van der Waals surface area contributed by atoms with Crippen LogP contribution in [0.25, 0.3) is 0 Å². The Labute approximate surface area is 238 Å². The smallest absolute Gasteiger partial charge is 0.416 e. The molecule has 0 aliphatic carbocycles. The maximum atomic E-state index is 14.5. The Kier molecular flexibility index (Phi) is 7.98. The zero-order valence-electron chi connectivity index (χ0n) is 22.3. The SMILES string of the molecule is COc1cccc(N2CCN(C3=Nc4ccsc4[C@H](CC(=O)O)N3c3cc(C(F)(F)F)ccc3OC)C[C@H]2CF)c1. The van der Waals surface area contributed by atoms with Crippen molar-refractivity contribution in [2.24, 2.45) is 4.99 Å². The van der Waals surface area contributed by atoms with Gasteiger partial charge in [0.25, 0.3) is 0 Å². The van der Waals surface area contributed by atoms with Crippen LogP contribution in [0.5, 0.6) is 11.5 Å². The molecule has 218 valence electrons. The molecule has 0 amide bonds. The van der Waals surface area contributed by atoms with Crippen molar-refractivity contribution in [2.75, 3.05) is 50.3 Å². The molecule has 13 heteroatoms. The predicted octanol–water partition coefficient (Wildman–Crippen LogP) is 5.97. The molecule has 1 saturated heterocycles. The fourth-order valence-corrected chi connectivity index (χ4v) is 6.20. The van der Waals surface area contributed by atoms with Gasteiger partial charge in [-0.3, -0.25) is 9.69 Å². The Balaban J connectivity index is 1.59. The minimum Gasteiger partial charge on any atom is -0.497 e. The first-order valence-corrected chi connectivity index (χ1v) is 13.7. The van der Waals surface area contributed by atoms with E-state index in [1.54, 1.807) is 29.5 Å². The Morgan fingerprint density at radius 3 is 2.61 bits per heavy atom. The van der Waals surface area contributed by atoms with E-state index in [2.05, 4.69) is 0 Å². The number of guanidine groups is 1. The van der Waals surface area contributed by atoms with Crippen molar-refractivity contribution in [3.63, 3.8) is 0 Å². The van der Waals surface area contributed by atoms with Crippen LogP contribution >= 0.6 is 11.3 Å². The largest absolute Gasteiger partial charge is 0.497 e. The number of rotatable bonds is 7. The number of methoxy groups -OCH3 is 2. The number of aliphatic imine (C=N–C) groups is 1. The number of piperazine rings is 1. The van der Waals surface area contributed by atoms with Gasteiger partial charge in [-0.2, -0.15) is 13.2 Å². The van der Waals surface area contributed by atoms with Crippen LogP contribution in [0.1, 0.15) is 22.9 Å². The lowest BCUT2D eigenvalue weighted by Gasteiger charge is -2.47. The Morgan fingerprint density at radius 1 is 1.12 bits per heavy atom. The molecule has 1 fully saturated rings. The van der Waals surface area contributed by atoms with Gasteiger partial charge in [0.2, 0.25) is 5.96 Å². The summed E-state index contributed by atoms with van der Waals surface area (Å²) in [7, 11) is 2.88. The van der Waals surface area contributed by atoms with Gasteiger partial charge < -0.3 is 24.4 Å². The lowest BCUT2D eigenvalue weighted by atomic mass is 10.0. The number of carboxylic acids is 1. The second-order valence-electron chi connectivity index (χ2n) is 9.60. The van der Waals surface area contributed by atoms with Crippen molar-refractivity contribution in [2.45, 2.75) is 24.7 Å². The molecule has 0 unspecified atom stereocenters. The van der Waals surface area contributed by atoms with Gasteiger partial charge >= 0.3 is 12.1 Å². The van der Waals surface area contributed by atoms with Crippen LogP contribution < -0.4 is 19.3 Å². The van der Waals surface area contributed by atoms with E-state index >= 15 is 0 Å². The normalized spacial score (nSPS) is 19.1. The zero-order valence-corrected chi connectivity index (χ0v) is 23.1. The van der Waals surface area contributed by atoms with E-state index in [0.717, 1.165) is 17.8 Å². The molecular weight excluding hydrogens is 564 g/mol. The first kappa shape index (κ1) is 28.5. The number of ether oxygens (including phenoxy) is 2. The number of halogens is 4. The fourth-order valence-electron chi connectivity index (χ4n) is 5.27. The third kappa shape index (κ3) is 5.63. The zero-order chi connectivity index (χ0) is 29.3. The molecule has 2 aromatic carbocycles. The average molecular weight is 593 g/mol. The summed E-state index contributed by atoms with van der Waals surface area (Å²) in [5.41, 5.74) is 0.421. The average Bonchev–Trinajstić information content (AvgIpc) is 3.44. The predicted molar refractivity (Wildman–Crippen MR) is 149 cm³/mol. The third-order valence-electron chi connectivity index (χ3n) is 7.19. The lowest BCUT2D eigenvalue weighted by Crippen LogP contribution is -2.59. The summed E-state index contributed by atoms with van der Waals surface area (Å²) < 4.78 is 66.8. The molecule has 8 nitrogen and oxygen atoms in total. The minimum atomic E-state index is -4.65. The quantitative estimate of drug-likeness (QED) is 0.339. The van der Waals surface area contributed by atoms with Crippen LogP contribution in [0.3, 0.4) is 0 Å². The maximum absolute atomic E-state index is 14.5. The molecule has 41 heavy (non-hydrogen) atoms. The summed E-state index contributed by atoms with van der Waals surface area (Å²) in [6.07, 6.45) is -5.05. The molecule has 0 radical (unpaired) electrons. The number of hydrogen-bond acceptors (Lipinski definition) is 8. The highest BCUT2D eigenvalue weighted by Gasteiger charge is 2.41. The van der Waals surface area contributed by atoms with Gasteiger partial charge in [-0.25, -0.2) is 9.38 Å². The van der Waals surface area contributed by atoms with Gasteiger partial charge in [-0.05, 0) is 41.8 Å².